The average molecular weight is 419 g/mol. The van der Waals surface area contributed by atoms with Crippen LogP contribution in [-0.2, 0) is 17.8 Å². The number of thioether (sulfide) groups is 1. The number of carbonyl (C=O) groups excluding carboxylic acids is 2. The molecule has 1 aromatic heterocycles. The maximum absolute atomic E-state index is 12.8. The minimum absolute atomic E-state index is 0.0290. The standard InChI is InChI=1S/C23H22N4O2S/c28-20(18-8-10-19-17(12-18)9-11-21(29)24-19)14-30-23-26-25-22(16-6-7-16)27(23)13-15-4-2-1-3-5-15/h1-5,8,10,12,16H,6-7,9,11,13-14H2,(H,24,29). The molecule has 2 heterocycles. The van der Waals surface area contributed by atoms with E-state index in [9.17, 15) is 9.59 Å². The van der Waals surface area contributed by atoms with E-state index in [1.807, 2.05) is 30.3 Å². The second kappa shape index (κ2) is 8.07. The Kier molecular flexibility index (Phi) is 5.12. The summed E-state index contributed by atoms with van der Waals surface area (Å²) in [6.07, 6.45) is 3.45. The number of carbonyl (C=O) groups is 2. The lowest BCUT2D eigenvalue weighted by Gasteiger charge is -2.17. The molecule has 7 heteroatoms. The van der Waals surface area contributed by atoms with E-state index in [0.29, 0.717) is 30.1 Å². The molecule has 0 radical (unpaired) electrons. The molecule has 2 aliphatic rings. The molecule has 30 heavy (non-hydrogen) atoms. The van der Waals surface area contributed by atoms with Gasteiger partial charge in [-0.25, -0.2) is 0 Å². The summed E-state index contributed by atoms with van der Waals surface area (Å²) in [6, 6.07) is 15.8. The summed E-state index contributed by atoms with van der Waals surface area (Å²) in [5.41, 5.74) is 3.71. The largest absolute Gasteiger partial charge is 0.326 e. The van der Waals surface area contributed by atoms with Gasteiger partial charge in [-0.1, -0.05) is 42.1 Å². The minimum Gasteiger partial charge on any atom is -0.326 e. The van der Waals surface area contributed by atoms with Gasteiger partial charge in [0, 0.05) is 23.6 Å². The van der Waals surface area contributed by atoms with Gasteiger partial charge in [0.25, 0.3) is 0 Å². The van der Waals surface area contributed by atoms with Crippen LogP contribution in [-0.4, -0.2) is 32.2 Å². The van der Waals surface area contributed by atoms with E-state index < -0.39 is 0 Å². The van der Waals surface area contributed by atoms with Gasteiger partial charge in [-0.3, -0.25) is 9.59 Å². The van der Waals surface area contributed by atoms with Crippen LogP contribution in [0.25, 0.3) is 0 Å². The van der Waals surface area contributed by atoms with Gasteiger partial charge in [0.05, 0.1) is 12.3 Å². The van der Waals surface area contributed by atoms with E-state index >= 15 is 0 Å². The van der Waals surface area contributed by atoms with Gasteiger partial charge in [0.15, 0.2) is 10.9 Å². The SMILES string of the molecule is O=C1CCc2cc(C(=O)CSc3nnc(C4CC4)n3Cc3ccccc3)ccc2N1. The lowest BCUT2D eigenvalue weighted by molar-refractivity contribution is -0.116. The van der Waals surface area contributed by atoms with Crippen molar-refractivity contribution >= 4 is 29.1 Å². The Labute approximate surface area is 179 Å². The zero-order chi connectivity index (χ0) is 20.5. The number of ketones is 1. The predicted octanol–water partition coefficient (Wildman–Crippen LogP) is 4.06. The number of fused-ring (bicyclic) bond motifs is 1. The van der Waals surface area contributed by atoms with Crippen LogP contribution in [0.2, 0.25) is 0 Å². The lowest BCUT2D eigenvalue weighted by Crippen LogP contribution is -2.19. The van der Waals surface area contributed by atoms with Crippen molar-refractivity contribution in [3.63, 3.8) is 0 Å². The van der Waals surface area contributed by atoms with Crippen LogP contribution in [0, 0.1) is 0 Å². The van der Waals surface area contributed by atoms with E-state index in [1.165, 1.54) is 17.3 Å². The summed E-state index contributed by atoms with van der Waals surface area (Å²) in [7, 11) is 0. The maximum atomic E-state index is 12.8. The fourth-order valence-electron chi connectivity index (χ4n) is 3.74. The molecule has 5 rings (SSSR count). The van der Waals surface area contributed by atoms with E-state index in [4.69, 9.17) is 0 Å². The molecule has 1 saturated carbocycles. The molecule has 0 spiro atoms. The summed E-state index contributed by atoms with van der Waals surface area (Å²) in [5, 5.41) is 12.5. The third-order valence-electron chi connectivity index (χ3n) is 5.53. The molecule has 2 aromatic carbocycles. The van der Waals surface area contributed by atoms with E-state index in [0.717, 1.165) is 41.6 Å². The highest BCUT2D eigenvalue weighted by Gasteiger charge is 2.30. The third kappa shape index (κ3) is 4.03. The topological polar surface area (TPSA) is 76.9 Å². The number of Topliss-reactive ketones (excluding diaryl/α,β-unsaturated/α-hetero) is 1. The fraction of sp³-hybridized carbons (Fsp3) is 0.304. The Hall–Kier alpha value is -2.93. The van der Waals surface area contributed by atoms with E-state index in [1.54, 1.807) is 6.07 Å². The summed E-state index contributed by atoms with van der Waals surface area (Å²) >= 11 is 1.44. The normalized spacial score (nSPS) is 15.5. The minimum atomic E-state index is 0.0290. The van der Waals surface area contributed by atoms with Crippen molar-refractivity contribution in [3.05, 3.63) is 71.0 Å². The highest BCUT2D eigenvalue weighted by molar-refractivity contribution is 7.99. The molecule has 6 nitrogen and oxygen atoms in total. The molecule has 0 atom stereocenters. The van der Waals surface area contributed by atoms with Crippen LogP contribution in [0.4, 0.5) is 5.69 Å². The summed E-state index contributed by atoms with van der Waals surface area (Å²) in [6.45, 7) is 0.717. The van der Waals surface area contributed by atoms with Crippen LogP contribution in [0.3, 0.4) is 0 Å². The number of amides is 1. The number of aryl methyl sites for hydroxylation is 1. The van der Waals surface area contributed by atoms with Crippen molar-refractivity contribution in [1.29, 1.82) is 0 Å². The highest BCUT2D eigenvalue weighted by atomic mass is 32.2. The Morgan fingerprint density at radius 1 is 1.10 bits per heavy atom. The van der Waals surface area contributed by atoms with Crippen molar-refractivity contribution in [2.45, 2.75) is 43.3 Å². The zero-order valence-electron chi connectivity index (χ0n) is 16.5. The first-order chi connectivity index (χ1) is 14.7. The fourth-order valence-corrected chi connectivity index (χ4v) is 4.57. The smallest absolute Gasteiger partial charge is 0.224 e. The number of nitrogens with zero attached hydrogens (tertiary/aromatic N) is 3. The van der Waals surface area contributed by atoms with E-state index in [2.05, 4.69) is 32.2 Å². The molecule has 152 valence electrons. The third-order valence-corrected chi connectivity index (χ3v) is 6.49. The Balaban J connectivity index is 1.31. The summed E-state index contributed by atoms with van der Waals surface area (Å²) < 4.78 is 2.16. The number of hydrogen-bond donors (Lipinski definition) is 1. The second-order valence-corrected chi connectivity index (χ2v) is 8.76. The van der Waals surface area contributed by atoms with Gasteiger partial charge >= 0.3 is 0 Å². The van der Waals surface area contributed by atoms with Crippen LogP contribution in [0.1, 0.15) is 52.5 Å². The summed E-state index contributed by atoms with van der Waals surface area (Å²) in [4.78, 5) is 24.3. The predicted molar refractivity (Wildman–Crippen MR) is 116 cm³/mol. The van der Waals surface area contributed by atoms with Gasteiger partial charge in [-0.15, -0.1) is 10.2 Å². The number of rotatable bonds is 7. The van der Waals surface area contributed by atoms with Crippen molar-refractivity contribution < 1.29 is 9.59 Å². The number of hydrogen-bond acceptors (Lipinski definition) is 5. The van der Waals surface area contributed by atoms with Crippen LogP contribution in [0.5, 0.6) is 0 Å². The Morgan fingerprint density at radius 2 is 1.93 bits per heavy atom. The molecular weight excluding hydrogens is 396 g/mol. The van der Waals surface area contributed by atoms with Gasteiger partial charge in [0.2, 0.25) is 5.91 Å². The maximum Gasteiger partial charge on any atom is 0.224 e. The van der Waals surface area contributed by atoms with Crippen molar-refractivity contribution in [2.75, 3.05) is 11.1 Å². The van der Waals surface area contributed by atoms with Crippen molar-refractivity contribution in [1.82, 2.24) is 14.8 Å². The Bertz CT molecular complexity index is 1110. The molecule has 1 amide bonds. The quantitative estimate of drug-likeness (QED) is 0.462. The van der Waals surface area contributed by atoms with Crippen molar-refractivity contribution in [3.8, 4) is 0 Å². The number of nitrogens with one attached hydrogen (secondary N) is 1. The van der Waals surface area contributed by atoms with Crippen molar-refractivity contribution in [2.24, 2.45) is 0 Å². The number of anilines is 1. The molecule has 0 saturated heterocycles. The van der Waals surface area contributed by atoms with Crippen LogP contribution < -0.4 is 5.32 Å². The number of benzene rings is 2. The molecular formula is C23H22N4O2S. The first kappa shape index (κ1) is 19.1. The lowest BCUT2D eigenvalue weighted by atomic mass is 9.99. The number of aromatic nitrogens is 3. The molecule has 0 unspecified atom stereocenters. The first-order valence-corrected chi connectivity index (χ1v) is 11.2. The van der Waals surface area contributed by atoms with Gasteiger partial charge < -0.3 is 9.88 Å². The molecule has 1 N–H and O–H groups in total. The van der Waals surface area contributed by atoms with Gasteiger partial charge in [0.1, 0.15) is 5.82 Å². The first-order valence-electron chi connectivity index (χ1n) is 10.2. The second-order valence-electron chi connectivity index (χ2n) is 7.82. The monoisotopic (exact) mass is 418 g/mol. The van der Waals surface area contributed by atoms with Crippen LogP contribution >= 0.6 is 11.8 Å². The summed E-state index contributed by atoms with van der Waals surface area (Å²) in [5.74, 6) is 1.91. The molecule has 0 bridgehead atoms. The highest BCUT2D eigenvalue weighted by Crippen LogP contribution is 2.40. The molecule has 1 fully saturated rings. The van der Waals surface area contributed by atoms with Gasteiger partial charge in [-0.2, -0.15) is 0 Å². The zero-order valence-corrected chi connectivity index (χ0v) is 17.3. The van der Waals surface area contributed by atoms with Gasteiger partial charge in [-0.05, 0) is 48.6 Å². The molecule has 3 aromatic rings. The molecule has 1 aliphatic heterocycles. The van der Waals surface area contributed by atoms with Crippen LogP contribution in [0.15, 0.2) is 53.7 Å². The average Bonchev–Trinajstić information content (AvgIpc) is 3.54. The Morgan fingerprint density at radius 3 is 2.73 bits per heavy atom. The molecule has 1 aliphatic carbocycles. The van der Waals surface area contributed by atoms with E-state index in [-0.39, 0.29) is 11.7 Å².